The van der Waals surface area contributed by atoms with Crippen molar-refractivity contribution in [3.05, 3.63) is 35.0 Å². The Bertz CT molecular complexity index is 1010. The molecule has 0 amide bonds. The predicted molar refractivity (Wildman–Crippen MR) is 123 cm³/mol. The number of esters is 1. The number of anilines is 1. The highest BCUT2D eigenvalue weighted by molar-refractivity contribution is 5.92. The van der Waals surface area contributed by atoms with Gasteiger partial charge in [0, 0.05) is 5.70 Å². The minimum Gasteiger partial charge on any atom is -0.493 e. The van der Waals surface area contributed by atoms with E-state index < -0.39 is 6.04 Å². The number of nitrogens with one attached hydrogen (secondary N) is 1. The molecule has 9 heteroatoms. The van der Waals surface area contributed by atoms with Crippen molar-refractivity contribution >= 4 is 11.9 Å². The van der Waals surface area contributed by atoms with Gasteiger partial charge in [0.2, 0.25) is 5.95 Å². The molecule has 1 fully saturated rings. The summed E-state index contributed by atoms with van der Waals surface area (Å²) in [4.78, 5) is 13.4. The molecule has 1 saturated carbocycles. The van der Waals surface area contributed by atoms with Gasteiger partial charge in [-0.2, -0.15) is 4.68 Å². The van der Waals surface area contributed by atoms with Gasteiger partial charge in [-0.05, 0) is 73.1 Å². The Morgan fingerprint density at radius 2 is 2.00 bits per heavy atom. The number of tetrazole rings is 1. The average molecular weight is 456 g/mol. The second-order valence-electron chi connectivity index (χ2n) is 9.12. The van der Waals surface area contributed by atoms with E-state index in [-0.39, 0.29) is 12.1 Å². The summed E-state index contributed by atoms with van der Waals surface area (Å²) in [5.41, 5.74) is 1.99. The van der Waals surface area contributed by atoms with Crippen molar-refractivity contribution in [3.63, 3.8) is 0 Å². The van der Waals surface area contributed by atoms with E-state index in [4.69, 9.17) is 14.2 Å². The molecule has 2 aliphatic rings. The molecule has 1 atom stereocenters. The van der Waals surface area contributed by atoms with E-state index in [1.165, 1.54) is 6.42 Å². The lowest BCUT2D eigenvalue weighted by molar-refractivity contribution is -0.146. The number of hydrogen-bond donors (Lipinski definition) is 1. The van der Waals surface area contributed by atoms with Crippen LogP contribution >= 0.6 is 0 Å². The normalized spacial score (nSPS) is 18.6. The standard InChI is InChI=1S/C24H33N5O4/c1-15(2)12-13-32-19-11-10-17(14-20(19)31-4)22-21(16(3)25-24-26-27-28-29(22)24)23(30)33-18-8-6-5-7-9-18/h10-11,14-15,18,22H,5-9,12-13H2,1-4H3,(H,25,26,28). The second-order valence-corrected chi connectivity index (χ2v) is 9.12. The summed E-state index contributed by atoms with van der Waals surface area (Å²) in [6, 6.07) is 5.15. The van der Waals surface area contributed by atoms with Crippen molar-refractivity contribution in [2.24, 2.45) is 5.92 Å². The first-order valence-corrected chi connectivity index (χ1v) is 11.7. The number of allylic oxidation sites excluding steroid dienone is 1. The van der Waals surface area contributed by atoms with Crippen molar-refractivity contribution in [2.45, 2.75) is 71.4 Å². The van der Waals surface area contributed by atoms with Crippen LogP contribution < -0.4 is 14.8 Å². The zero-order valence-electron chi connectivity index (χ0n) is 19.8. The summed E-state index contributed by atoms with van der Waals surface area (Å²) in [6.45, 7) is 6.78. The van der Waals surface area contributed by atoms with Crippen LogP contribution in [0.15, 0.2) is 29.5 Å². The molecule has 1 unspecified atom stereocenters. The minimum atomic E-state index is -0.536. The van der Waals surface area contributed by atoms with Crippen LogP contribution in [-0.4, -0.2) is 46.0 Å². The zero-order chi connectivity index (χ0) is 23.4. The van der Waals surface area contributed by atoms with Crippen LogP contribution in [0.2, 0.25) is 0 Å². The molecule has 1 aromatic carbocycles. The van der Waals surface area contributed by atoms with Crippen molar-refractivity contribution in [2.75, 3.05) is 19.0 Å². The Hall–Kier alpha value is -3.10. The van der Waals surface area contributed by atoms with Gasteiger partial charge in [0.1, 0.15) is 12.1 Å². The van der Waals surface area contributed by atoms with Gasteiger partial charge in [0.15, 0.2) is 11.5 Å². The molecule has 4 rings (SSSR count). The Morgan fingerprint density at radius 3 is 2.73 bits per heavy atom. The molecule has 0 saturated heterocycles. The third kappa shape index (κ3) is 5.12. The molecule has 2 heterocycles. The first kappa shape index (κ1) is 23.1. The van der Waals surface area contributed by atoms with E-state index in [0.717, 1.165) is 37.7 Å². The number of aromatic nitrogens is 4. The quantitative estimate of drug-likeness (QED) is 0.589. The van der Waals surface area contributed by atoms with Gasteiger partial charge in [0.05, 0.1) is 19.3 Å². The topological polar surface area (TPSA) is 100 Å². The number of methoxy groups -OCH3 is 1. The minimum absolute atomic E-state index is 0.0475. The molecule has 178 valence electrons. The fraction of sp³-hybridized carbons (Fsp3) is 0.583. The van der Waals surface area contributed by atoms with Crippen LogP contribution in [0.25, 0.3) is 0 Å². The monoisotopic (exact) mass is 455 g/mol. The Morgan fingerprint density at radius 1 is 1.21 bits per heavy atom. The molecule has 0 radical (unpaired) electrons. The molecule has 9 nitrogen and oxygen atoms in total. The van der Waals surface area contributed by atoms with Crippen molar-refractivity contribution in [1.82, 2.24) is 20.2 Å². The van der Waals surface area contributed by atoms with Crippen LogP contribution in [0.5, 0.6) is 11.5 Å². The highest BCUT2D eigenvalue weighted by Gasteiger charge is 2.36. The van der Waals surface area contributed by atoms with E-state index in [1.54, 1.807) is 11.8 Å². The first-order chi connectivity index (χ1) is 16.0. The number of ether oxygens (including phenoxy) is 3. The molecule has 2 aromatic rings. The summed E-state index contributed by atoms with van der Waals surface area (Å²) in [5.74, 6) is 1.95. The SMILES string of the molecule is COc1cc(C2C(C(=O)OC3CCCCC3)=C(C)Nc3nnnn32)ccc1OCCC(C)C. The fourth-order valence-electron chi connectivity index (χ4n) is 4.36. The van der Waals surface area contributed by atoms with Gasteiger partial charge in [-0.15, -0.1) is 0 Å². The van der Waals surface area contributed by atoms with Crippen LogP contribution in [-0.2, 0) is 9.53 Å². The number of rotatable bonds is 8. The first-order valence-electron chi connectivity index (χ1n) is 11.7. The maximum Gasteiger partial charge on any atom is 0.338 e. The molecule has 1 aromatic heterocycles. The maximum atomic E-state index is 13.4. The maximum absolute atomic E-state index is 13.4. The molecular formula is C24H33N5O4. The van der Waals surface area contributed by atoms with E-state index in [9.17, 15) is 4.79 Å². The number of fused-ring (bicyclic) bond motifs is 1. The number of hydrogen-bond acceptors (Lipinski definition) is 8. The van der Waals surface area contributed by atoms with E-state index >= 15 is 0 Å². The van der Waals surface area contributed by atoms with Gasteiger partial charge >= 0.3 is 5.97 Å². The molecule has 0 spiro atoms. The molecule has 33 heavy (non-hydrogen) atoms. The van der Waals surface area contributed by atoms with Crippen LogP contribution in [0.3, 0.4) is 0 Å². The number of benzene rings is 1. The van der Waals surface area contributed by atoms with Gasteiger partial charge < -0.3 is 19.5 Å². The molecule has 1 aliphatic heterocycles. The lowest BCUT2D eigenvalue weighted by Gasteiger charge is -2.29. The van der Waals surface area contributed by atoms with Gasteiger partial charge in [-0.1, -0.05) is 31.4 Å². The van der Waals surface area contributed by atoms with Crippen LogP contribution in [0.1, 0.15) is 70.9 Å². The molecular weight excluding hydrogens is 422 g/mol. The Labute approximate surface area is 194 Å². The van der Waals surface area contributed by atoms with Gasteiger partial charge in [-0.3, -0.25) is 0 Å². The summed E-state index contributed by atoms with van der Waals surface area (Å²) in [7, 11) is 1.61. The van der Waals surface area contributed by atoms with Crippen molar-refractivity contribution in [1.29, 1.82) is 0 Å². The van der Waals surface area contributed by atoms with Gasteiger partial charge in [-0.25, -0.2) is 4.79 Å². The number of carbonyl (C=O) groups excluding carboxylic acids is 1. The predicted octanol–water partition coefficient (Wildman–Crippen LogP) is 4.27. The summed E-state index contributed by atoms with van der Waals surface area (Å²) < 4.78 is 19.1. The third-order valence-electron chi connectivity index (χ3n) is 6.22. The average Bonchev–Trinajstić information content (AvgIpc) is 3.26. The van der Waals surface area contributed by atoms with Crippen LogP contribution in [0, 0.1) is 5.92 Å². The molecule has 1 aliphatic carbocycles. The number of carbonyl (C=O) groups is 1. The lowest BCUT2D eigenvalue weighted by atomic mass is 9.94. The highest BCUT2D eigenvalue weighted by atomic mass is 16.5. The van der Waals surface area contributed by atoms with E-state index in [1.807, 2.05) is 25.1 Å². The van der Waals surface area contributed by atoms with E-state index in [0.29, 0.717) is 41.2 Å². The lowest BCUT2D eigenvalue weighted by Crippen LogP contribution is -2.32. The summed E-state index contributed by atoms with van der Waals surface area (Å²) >= 11 is 0. The summed E-state index contributed by atoms with van der Waals surface area (Å²) in [5, 5.41) is 15.2. The van der Waals surface area contributed by atoms with Crippen LogP contribution in [0.4, 0.5) is 5.95 Å². The van der Waals surface area contributed by atoms with Crippen molar-refractivity contribution < 1.29 is 19.0 Å². The fourth-order valence-corrected chi connectivity index (χ4v) is 4.36. The third-order valence-corrected chi connectivity index (χ3v) is 6.22. The summed E-state index contributed by atoms with van der Waals surface area (Å²) in [6.07, 6.45) is 6.08. The second kappa shape index (κ2) is 10.2. The largest absolute Gasteiger partial charge is 0.493 e. The smallest absolute Gasteiger partial charge is 0.338 e. The Balaban J connectivity index is 1.65. The zero-order valence-corrected chi connectivity index (χ0v) is 19.8. The van der Waals surface area contributed by atoms with E-state index in [2.05, 4.69) is 34.7 Å². The van der Waals surface area contributed by atoms with Gasteiger partial charge in [0.25, 0.3) is 0 Å². The highest BCUT2D eigenvalue weighted by Crippen LogP contribution is 2.39. The Kier molecular flexibility index (Phi) is 7.15. The molecule has 1 N–H and O–H groups in total. The van der Waals surface area contributed by atoms with Crippen molar-refractivity contribution in [3.8, 4) is 11.5 Å². The molecule has 0 bridgehead atoms. The number of nitrogens with zero attached hydrogens (tertiary/aromatic N) is 4.